The summed E-state index contributed by atoms with van der Waals surface area (Å²) < 4.78 is 14.4. The summed E-state index contributed by atoms with van der Waals surface area (Å²) in [5.74, 6) is -1.80. The number of halogens is 3. The van der Waals surface area contributed by atoms with Crippen LogP contribution in [0.25, 0.3) is 0 Å². The van der Waals surface area contributed by atoms with Gasteiger partial charge in [-0.2, -0.15) is 0 Å². The van der Waals surface area contributed by atoms with Crippen LogP contribution >= 0.6 is 23.2 Å². The topological polar surface area (TPSA) is 66.4 Å². The second-order valence-electron chi connectivity index (χ2n) is 6.71. The SMILES string of the molecule is O=C(C[C@@]1(O)C(=O)Nc2c(Cl)ccc(Cl)c21)c1ccc(C2CC2)cc1F. The van der Waals surface area contributed by atoms with Gasteiger partial charge in [-0.25, -0.2) is 4.39 Å². The second-order valence-corrected chi connectivity index (χ2v) is 7.52. The number of anilines is 1. The molecule has 0 aromatic heterocycles. The highest BCUT2D eigenvalue weighted by molar-refractivity contribution is 6.38. The highest BCUT2D eigenvalue weighted by atomic mass is 35.5. The van der Waals surface area contributed by atoms with Crippen LogP contribution in [-0.2, 0) is 10.4 Å². The largest absolute Gasteiger partial charge is 0.375 e. The molecule has 1 aliphatic heterocycles. The van der Waals surface area contributed by atoms with Crippen LogP contribution in [0.4, 0.5) is 10.1 Å². The third kappa shape index (κ3) is 2.71. The Kier molecular flexibility index (Phi) is 4.06. The molecule has 4 rings (SSSR count). The Hall–Kier alpha value is -1.95. The van der Waals surface area contributed by atoms with Gasteiger partial charge in [0, 0.05) is 10.6 Å². The number of carbonyl (C=O) groups is 2. The molecule has 134 valence electrons. The Morgan fingerprint density at radius 3 is 2.58 bits per heavy atom. The van der Waals surface area contributed by atoms with E-state index in [1.807, 2.05) is 0 Å². The molecule has 1 amide bonds. The molecule has 0 bridgehead atoms. The average Bonchev–Trinajstić information content (AvgIpc) is 3.39. The summed E-state index contributed by atoms with van der Waals surface area (Å²) in [7, 11) is 0. The molecule has 0 saturated heterocycles. The first-order chi connectivity index (χ1) is 12.3. The van der Waals surface area contributed by atoms with Gasteiger partial charge < -0.3 is 10.4 Å². The van der Waals surface area contributed by atoms with Gasteiger partial charge in [-0.1, -0.05) is 29.3 Å². The fraction of sp³-hybridized carbons (Fsp3) is 0.263. The summed E-state index contributed by atoms with van der Waals surface area (Å²) in [6, 6.07) is 7.38. The molecule has 7 heteroatoms. The number of hydrogen-bond donors (Lipinski definition) is 2. The molecular weight excluding hydrogens is 380 g/mol. The minimum absolute atomic E-state index is 0.0417. The normalized spacial score (nSPS) is 21.5. The number of nitrogens with one attached hydrogen (secondary N) is 1. The fourth-order valence-electron chi connectivity index (χ4n) is 3.33. The molecule has 2 aromatic rings. The highest BCUT2D eigenvalue weighted by Crippen LogP contribution is 2.46. The van der Waals surface area contributed by atoms with E-state index in [-0.39, 0.29) is 26.9 Å². The number of hydrogen-bond acceptors (Lipinski definition) is 3. The Labute approximate surface area is 158 Å². The predicted octanol–water partition coefficient (Wildman–Crippen LogP) is 4.42. The molecule has 2 aliphatic rings. The Morgan fingerprint density at radius 1 is 1.23 bits per heavy atom. The maximum atomic E-state index is 14.4. The van der Waals surface area contributed by atoms with E-state index in [9.17, 15) is 19.1 Å². The van der Waals surface area contributed by atoms with Crippen molar-refractivity contribution < 1.29 is 19.1 Å². The third-order valence-corrected chi connectivity index (χ3v) is 5.52. The first kappa shape index (κ1) is 17.5. The molecule has 1 atom stereocenters. The number of rotatable bonds is 4. The zero-order valence-corrected chi connectivity index (χ0v) is 15.0. The van der Waals surface area contributed by atoms with Crippen molar-refractivity contribution in [1.82, 2.24) is 0 Å². The van der Waals surface area contributed by atoms with Crippen LogP contribution in [0.5, 0.6) is 0 Å². The summed E-state index contributed by atoms with van der Waals surface area (Å²) >= 11 is 12.2. The lowest BCUT2D eigenvalue weighted by Crippen LogP contribution is -2.36. The van der Waals surface area contributed by atoms with Gasteiger partial charge in [0.2, 0.25) is 0 Å². The van der Waals surface area contributed by atoms with Crippen molar-refractivity contribution in [2.75, 3.05) is 5.32 Å². The van der Waals surface area contributed by atoms with E-state index in [2.05, 4.69) is 5.32 Å². The standard InChI is InChI=1S/C19H14Cl2FNO3/c20-12-5-6-13(21)17-16(12)19(26,18(25)23-17)8-15(24)11-4-3-10(7-14(11)22)9-1-2-9/h3-7,9,26H,1-2,8H2,(H,23,25)/t19-/m0/s1. The van der Waals surface area contributed by atoms with E-state index in [0.29, 0.717) is 5.92 Å². The van der Waals surface area contributed by atoms with Crippen molar-refractivity contribution >= 4 is 40.6 Å². The van der Waals surface area contributed by atoms with E-state index in [1.54, 1.807) is 6.07 Å². The number of aliphatic hydroxyl groups is 1. The van der Waals surface area contributed by atoms with Gasteiger partial charge >= 0.3 is 0 Å². The summed E-state index contributed by atoms with van der Waals surface area (Å²) in [5, 5.41) is 13.6. The van der Waals surface area contributed by atoms with Crippen LogP contribution in [0.1, 0.15) is 46.7 Å². The number of fused-ring (bicyclic) bond motifs is 1. The first-order valence-electron chi connectivity index (χ1n) is 8.16. The van der Waals surface area contributed by atoms with Crippen LogP contribution < -0.4 is 5.32 Å². The van der Waals surface area contributed by atoms with Crippen LogP contribution in [0.2, 0.25) is 10.0 Å². The van der Waals surface area contributed by atoms with Gasteiger partial charge in [-0.15, -0.1) is 0 Å². The van der Waals surface area contributed by atoms with Gasteiger partial charge in [-0.05, 0) is 48.6 Å². The van der Waals surface area contributed by atoms with Crippen molar-refractivity contribution in [3.63, 3.8) is 0 Å². The Bertz CT molecular complexity index is 958. The molecule has 26 heavy (non-hydrogen) atoms. The van der Waals surface area contributed by atoms with E-state index in [1.165, 1.54) is 24.3 Å². The highest BCUT2D eigenvalue weighted by Gasteiger charge is 2.49. The molecular formula is C19H14Cl2FNO3. The fourth-order valence-corrected chi connectivity index (χ4v) is 3.85. The van der Waals surface area contributed by atoms with Crippen molar-refractivity contribution in [3.05, 3.63) is 62.9 Å². The van der Waals surface area contributed by atoms with E-state index in [0.717, 1.165) is 18.4 Å². The molecule has 2 N–H and O–H groups in total. The minimum atomic E-state index is -2.20. The number of ketones is 1. The average molecular weight is 394 g/mol. The van der Waals surface area contributed by atoms with Crippen molar-refractivity contribution in [1.29, 1.82) is 0 Å². The minimum Gasteiger partial charge on any atom is -0.375 e. The Morgan fingerprint density at radius 2 is 1.92 bits per heavy atom. The molecule has 2 aromatic carbocycles. The summed E-state index contributed by atoms with van der Waals surface area (Å²) in [4.78, 5) is 25.0. The lowest BCUT2D eigenvalue weighted by Gasteiger charge is -2.21. The molecule has 0 spiro atoms. The number of amides is 1. The smallest absolute Gasteiger partial charge is 0.261 e. The molecule has 4 nitrogen and oxygen atoms in total. The van der Waals surface area contributed by atoms with Crippen molar-refractivity contribution in [2.45, 2.75) is 30.8 Å². The lowest BCUT2D eigenvalue weighted by molar-refractivity contribution is -0.133. The first-order valence-corrected chi connectivity index (χ1v) is 8.92. The van der Waals surface area contributed by atoms with E-state index < -0.39 is 29.5 Å². The molecule has 1 aliphatic carbocycles. The van der Waals surface area contributed by atoms with Gasteiger partial charge in [0.1, 0.15) is 5.82 Å². The second kappa shape index (κ2) is 6.05. The van der Waals surface area contributed by atoms with Crippen molar-refractivity contribution in [2.24, 2.45) is 0 Å². The van der Waals surface area contributed by atoms with Gasteiger partial charge in [0.25, 0.3) is 5.91 Å². The monoisotopic (exact) mass is 393 g/mol. The van der Waals surface area contributed by atoms with E-state index >= 15 is 0 Å². The van der Waals surface area contributed by atoms with Crippen LogP contribution in [0, 0.1) is 5.82 Å². The van der Waals surface area contributed by atoms with Crippen LogP contribution in [0.3, 0.4) is 0 Å². The number of carbonyl (C=O) groups excluding carboxylic acids is 2. The molecule has 0 radical (unpaired) electrons. The van der Waals surface area contributed by atoms with Crippen LogP contribution in [-0.4, -0.2) is 16.8 Å². The van der Waals surface area contributed by atoms with Crippen LogP contribution in [0.15, 0.2) is 30.3 Å². The summed E-state index contributed by atoms with van der Waals surface area (Å²) in [5.41, 5.74) is -1.29. The molecule has 1 saturated carbocycles. The molecule has 1 heterocycles. The van der Waals surface area contributed by atoms with Gasteiger partial charge in [0.15, 0.2) is 11.4 Å². The third-order valence-electron chi connectivity index (χ3n) is 4.89. The lowest BCUT2D eigenvalue weighted by atomic mass is 9.87. The zero-order chi connectivity index (χ0) is 18.6. The van der Waals surface area contributed by atoms with E-state index in [4.69, 9.17) is 23.2 Å². The quantitative estimate of drug-likeness (QED) is 0.755. The number of Topliss-reactive ketones (excluding diaryl/α,β-unsaturated/α-hetero) is 1. The molecule has 1 fully saturated rings. The van der Waals surface area contributed by atoms with Gasteiger partial charge in [-0.3, -0.25) is 9.59 Å². The van der Waals surface area contributed by atoms with Gasteiger partial charge in [0.05, 0.1) is 22.7 Å². The maximum Gasteiger partial charge on any atom is 0.261 e. The van der Waals surface area contributed by atoms with Crippen molar-refractivity contribution in [3.8, 4) is 0 Å². The summed E-state index contributed by atoms with van der Waals surface area (Å²) in [6.07, 6.45) is 1.40. The Balaban J connectivity index is 1.68. The maximum absolute atomic E-state index is 14.4. The zero-order valence-electron chi connectivity index (χ0n) is 13.5. The summed E-state index contributed by atoms with van der Waals surface area (Å²) in [6.45, 7) is 0. The predicted molar refractivity (Wildman–Crippen MR) is 96.3 cm³/mol. The molecule has 0 unspecified atom stereocenters. The number of benzene rings is 2.